The van der Waals surface area contributed by atoms with Crippen LogP contribution >= 0.6 is 0 Å². The molecule has 0 aliphatic heterocycles. The minimum atomic E-state index is -0.561. The van der Waals surface area contributed by atoms with Crippen molar-refractivity contribution in [1.82, 2.24) is 0 Å². The Kier molecular flexibility index (Phi) is 10.4. The van der Waals surface area contributed by atoms with Gasteiger partial charge in [0.25, 0.3) is 0 Å². The van der Waals surface area contributed by atoms with Crippen molar-refractivity contribution < 1.29 is 0 Å². The number of hydrogen-bond acceptors (Lipinski definition) is 1. The van der Waals surface area contributed by atoms with E-state index in [0.29, 0.717) is 0 Å². The van der Waals surface area contributed by atoms with Crippen LogP contribution in [0.1, 0.15) is 69.5 Å². The van der Waals surface area contributed by atoms with Gasteiger partial charge in [-0.1, -0.05) is 281 Å². The fourth-order valence-electron chi connectivity index (χ4n) is 14.5. The molecule has 0 saturated carbocycles. The summed E-state index contributed by atoms with van der Waals surface area (Å²) in [6, 6.07) is 111. The number of rotatable bonds is 9. The van der Waals surface area contributed by atoms with Crippen molar-refractivity contribution in [3.63, 3.8) is 0 Å². The molecular weight excluding hydrogens is 939 g/mol. The maximum atomic E-state index is 2.54. The van der Waals surface area contributed by atoms with Crippen LogP contribution in [0.3, 0.4) is 0 Å². The van der Waals surface area contributed by atoms with Crippen LogP contribution in [-0.2, 0) is 16.2 Å². The zero-order valence-corrected chi connectivity index (χ0v) is 43.7. The van der Waals surface area contributed by atoms with E-state index < -0.39 is 10.8 Å². The summed E-state index contributed by atoms with van der Waals surface area (Å²) in [5.74, 6) is 0. The van der Waals surface area contributed by atoms with Crippen LogP contribution < -0.4 is 4.90 Å². The van der Waals surface area contributed by atoms with Gasteiger partial charge in [0, 0.05) is 22.4 Å². The first kappa shape index (κ1) is 45.8. The Morgan fingerprint density at radius 2 is 0.590 bits per heavy atom. The topological polar surface area (TPSA) is 3.24 Å². The van der Waals surface area contributed by atoms with Gasteiger partial charge in [0.15, 0.2) is 0 Å². The molecule has 0 atom stereocenters. The van der Waals surface area contributed by atoms with E-state index >= 15 is 0 Å². The number of anilines is 3. The van der Waals surface area contributed by atoms with Gasteiger partial charge >= 0.3 is 0 Å². The Balaban J connectivity index is 0.978. The van der Waals surface area contributed by atoms with Gasteiger partial charge in [-0.25, -0.2) is 0 Å². The smallest absolute Gasteiger partial charge is 0.0719 e. The molecule has 12 aromatic rings. The lowest BCUT2D eigenvalue weighted by Gasteiger charge is -2.35. The summed E-state index contributed by atoms with van der Waals surface area (Å²) in [6.45, 7) is 4.76. The Labute approximate surface area is 458 Å². The molecule has 0 bridgehead atoms. The first-order valence-corrected chi connectivity index (χ1v) is 27.4. The third-order valence-electron chi connectivity index (χ3n) is 17.6. The Morgan fingerprint density at radius 3 is 1.04 bits per heavy atom. The highest BCUT2D eigenvalue weighted by molar-refractivity contribution is 5.99. The zero-order valence-electron chi connectivity index (χ0n) is 43.7. The minimum absolute atomic E-state index is 0.188. The fourth-order valence-corrected chi connectivity index (χ4v) is 14.5. The summed E-state index contributed by atoms with van der Waals surface area (Å²) in [4.78, 5) is 2.54. The molecule has 0 saturated heterocycles. The van der Waals surface area contributed by atoms with Crippen molar-refractivity contribution >= 4 is 17.1 Å². The van der Waals surface area contributed by atoms with Crippen LogP contribution in [0.5, 0.6) is 0 Å². The molecule has 0 amide bonds. The van der Waals surface area contributed by atoms with Crippen LogP contribution in [0, 0.1) is 0 Å². The van der Waals surface area contributed by atoms with Crippen LogP contribution in [0.25, 0.3) is 55.6 Å². The van der Waals surface area contributed by atoms with Crippen LogP contribution in [0.2, 0.25) is 0 Å². The molecule has 0 unspecified atom stereocenters. The minimum Gasteiger partial charge on any atom is -0.310 e. The second kappa shape index (κ2) is 17.8. The third-order valence-corrected chi connectivity index (χ3v) is 17.6. The third kappa shape index (κ3) is 6.49. The maximum Gasteiger partial charge on any atom is 0.0719 e. The molecule has 78 heavy (non-hydrogen) atoms. The van der Waals surface area contributed by atoms with Gasteiger partial charge in [-0.3, -0.25) is 0 Å². The first-order valence-electron chi connectivity index (χ1n) is 27.4. The molecule has 15 rings (SSSR count). The average molecular weight is 994 g/mol. The number of fused-ring (bicyclic) bond motifs is 9. The van der Waals surface area contributed by atoms with E-state index in [1.54, 1.807) is 0 Å². The van der Waals surface area contributed by atoms with Crippen LogP contribution in [-0.4, -0.2) is 0 Å². The van der Waals surface area contributed by atoms with E-state index in [4.69, 9.17) is 0 Å². The molecule has 0 spiro atoms. The van der Waals surface area contributed by atoms with E-state index in [9.17, 15) is 0 Å². The summed E-state index contributed by atoms with van der Waals surface area (Å²) in [5.41, 5.74) is 27.4. The van der Waals surface area contributed by atoms with Crippen molar-refractivity contribution in [2.45, 2.75) is 30.1 Å². The molecule has 1 nitrogen and oxygen atoms in total. The highest BCUT2D eigenvalue weighted by Gasteiger charge is 2.49. The zero-order chi connectivity index (χ0) is 52.0. The van der Waals surface area contributed by atoms with E-state index in [2.05, 4.69) is 316 Å². The Morgan fingerprint density at radius 1 is 0.256 bits per heavy atom. The number of hydrogen-bond donors (Lipinski definition) is 0. The maximum absolute atomic E-state index is 2.54. The molecule has 0 aromatic heterocycles. The molecular formula is C77H55N. The Bertz CT molecular complexity index is 3980. The average Bonchev–Trinajstić information content (AvgIpc) is 4.27. The quantitative estimate of drug-likeness (QED) is 0.139. The number of nitrogens with zero attached hydrogens (tertiary/aromatic N) is 1. The highest BCUT2D eigenvalue weighted by atomic mass is 15.1. The van der Waals surface area contributed by atoms with Gasteiger partial charge in [-0.2, -0.15) is 0 Å². The monoisotopic (exact) mass is 993 g/mol. The predicted octanol–water partition coefficient (Wildman–Crippen LogP) is 19.5. The van der Waals surface area contributed by atoms with Crippen LogP contribution in [0.4, 0.5) is 17.1 Å². The second-order valence-electron chi connectivity index (χ2n) is 21.8. The summed E-state index contributed by atoms with van der Waals surface area (Å²) < 4.78 is 0. The molecule has 3 aliphatic carbocycles. The largest absolute Gasteiger partial charge is 0.310 e. The molecule has 0 radical (unpaired) electrons. The van der Waals surface area contributed by atoms with Crippen molar-refractivity contribution in [2.75, 3.05) is 4.90 Å². The van der Waals surface area contributed by atoms with Gasteiger partial charge in [0.05, 0.1) is 16.5 Å². The van der Waals surface area contributed by atoms with E-state index in [0.717, 1.165) is 28.2 Å². The molecule has 0 fully saturated rings. The lowest BCUT2D eigenvalue weighted by molar-refractivity contribution is 0.660. The van der Waals surface area contributed by atoms with E-state index in [-0.39, 0.29) is 5.41 Å². The van der Waals surface area contributed by atoms with Gasteiger partial charge in [-0.15, -0.1) is 0 Å². The van der Waals surface area contributed by atoms with Gasteiger partial charge in [-0.05, 0) is 136 Å². The van der Waals surface area contributed by atoms with E-state index in [1.165, 1.54) is 100 Å². The highest BCUT2D eigenvalue weighted by Crippen LogP contribution is 2.61. The van der Waals surface area contributed by atoms with Gasteiger partial charge in [0.1, 0.15) is 0 Å². The normalized spacial score (nSPS) is 14.3. The second-order valence-corrected chi connectivity index (χ2v) is 21.8. The lowest BCUT2D eigenvalue weighted by atomic mass is 9.66. The van der Waals surface area contributed by atoms with Gasteiger partial charge < -0.3 is 4.90 Å². The molecule has 1 heteroatoms. The van der Waals surface area contributed by atoms with Gasteiger partial charge in [0.2, 0.25) is 0 Å². The first-order chi connectivity index (χ1) is 38.5. The SMILES string of the molecule is CC1(C)c2ccccc2-c2c(N(c3cccc(-c4cccc5c4C(c4ccccc4)(c4ccccc4)c4ccccc4-5)c3)c3cccc(-c4cccc5c4C(c4ccccc4)(c4ccccc4)c4ccccc4-5)c3)cccc21. The van der Waals surface area contributed by atoms with Crippen molar-refractivity contribution in [3.8, 4) is 55.6 Å². The van der Waals surface area contributed by atoms with Crippen molar-refractivity contribution in [3.05, 3.63) is 353 Å². The lowest BCUT2D eigenvalue weighted by Crippen LogP contribution is -2.29. The number of benzene rings is 12. The fraction of sp³-hybridized carbons (Fsp3) is 0.0649. The standard InChI is InChI=1S/C77H55N/c1-75(2)67-45-18-17-40-66(67)72-70(75)48-25-49-71(72)78(58-36-21-26-52(50-58)60-41-23-43-64-62-38-15-19-46-68(62)76(73(60)64,54-28-7-3-8-29-54)55-30-9-4-10-31-55)59-37-22-27-53(51-59)61-42-24-44-65-63-39-16-20-47-69(63)77(74(61)65,56-32-11-5-12-33-56)57-34-13-6-14-35-57/h3-51H,1-2H3. The van der Waals surface area contributed by atoms with Crippen molar-refractivity contribution in [2.24, 2.45) is 0 Å². The van der Waals surface area contributed by atoms with Crippen molar-refractivity contribution in [1.29, 1.82) is 0 Å². The summed E-state index contributed by atoms with van der Waals surface area (Å²) in [5, 5.41) is 0. The summed E-state index contributed by atoms with van der Waals surface area (Å²) >= 11 is 0. The summed E-state index contributed by atoms with van der Waals surface area (Å²) in [7, 11) is 0. The Hall–Kier alpha value is -9.56. The molecule has 0 N–H and O–H groups in total. The molecule has 3 aliphatic rings. The summed E-state index contributed by atoms with van der Waals surface area (Å²) in [6.07, 6.45) is 0. The molecule has 12 aromatic carbocycles. The molecule has 0 heterocycles. The van der Waals surface area contributed by atoms with Crippen LogP contribution in [0.15, 0.2) is 297 Å². The predicted molar refractivity (Wildman–Crippen MR) is 324 cm³/mol. The molecule has 368 valence electrons. The van der Waals surface area contributed by atoms with E-state index in [1.807, 2.05) is 0 Å².